The Kier molecular flexibility index (Phi) is 5.97. The third-order valence-electron chi connectivity index (χ3n) is 6.38. The van der Waals surface area contributed by atoms with Gasteiger partial charge in [0.25, 0.3) is 0 Å². The molecule has 5 rings (SSSR count). The summed E-state index contributed by atoms with van der Waals surface area (Å²) < 4.78 is 50.4. The van der Waals surface area contributed by atoms with Crippen LogP contribution in [0.2, 0.25) is 0 Å². The van der Waals surface area contributed by atoms with Crippen molar-refractivity contribution in [2.75, 3.05) is 40.1 Å². The van der Waals surface area contributed by atoms with Crippen LogP contribution < -0.4 is 14.2 Å². The Morgan fingerprint density at radius 1 is 1.00 bits per heavy atom. The summed E-state index contributed by atoms with van der Waals surface area (Å²) in [6, 6.07) is 11.0. The lowest BCUT2D eigenvalue weighted by Crippen LogP contribution is -2.48. The van der Waals surface area contributed by atoms with Gasteiger partial charge in [-0.05, 0) is 49.7 Å². The van der Waals surface area contributed by atoms with E-state index in [-0.39, 0.29) is 11.7 Å². The number of methoxy groups -OCH3 is 1. The van der Waals surface area contributed by atoms with Crippen LogP contribution in [0.25, 0.3) is 11.3 Å². The molecule has 0 aliphatic carbocycles. The quantitative estimate of drug-likeness (QED) is 0.525. The number of hydrogen-bond donors (Lipinski definition) is 0. The van der Waals surface area contributed by atoms with Gasteiger partial charge in [-0.1, -0.05) is 11.2 Å². The molecule has 10 heteroatoms. The fourth-order valence-corrected chi connectivity index (χ4v) is 5.87. The highest BCUT2D eigenvalue weighted by Gasteiger charge is 2.32. The summed E-state index contributed by atoms with van der Waals surface area (Å²) in [6.07, 6.45) is 0. The number of ether oxygens (including phenoxy) is 3. The fraction of sp³-hybridized carbons (Fsp3) is 0.375. The van der Waals surface area contributed by atoms with Gasteiger partial charge in [-0.25, -0.2) is 8.42 Å². The van der Waals surface area contributed by atoms with Gasteiger partial charge in [0, 0.05) is 43.9 Å². The van der Waals surface area contributed by atoms with Crippen molar-refractivity contribution in [2.24, 2.45) is 0 Å². The van der Waals surface area contributed by atoms with E-state index in [4.69, 9.17) is 18.7 Å². The minimum atomic E-state index is -3.76. The first-order chi connectivity index (χ1) is 16.4. The van der Waals surface area contributed by atoms with Crippen LogP contribution in [0.5, 0.6) is 17.2 Å². The molecule has 0 radical (unpaired) electrons. The van der Waals surface area contributed by atoms with Crippen LogP contribution in [0.1, 0.15) is 16.8 Å². The number of nitrogens with zero attached hydrogens (tertiary/aromatic N) is 3. The van der Waals surface area contributed by atoms with Crippen LogP contribution in [0.15, 0.2) is 45.8 Å². The van der Waals surface area contributed by atoms with Gasteiger partial charge in [-0.2, -0.15) is 4.31 Å². The first-order valence-corrected chi connectivity index (χ1v) is 12.5. The van der Waals surface area contributed by atoms with Gasteiger partial charge in [-0.15, -0.1) is 0 Å². The first kappa shape index (κ1) is 22.7. The second kappa shape index (κ2) is 8.94. The molecule has 0 unspecified atom stereocenters. The van der Waals surface area contributed by atoms with E-state index in [9.17, 15) is 8.42 Å². The van der Waals surface area contributed by atoms with Gasteiger partial charge in [-0.3, -0.25) is 4.90 Å². The van der Waals surface area contributed by atoms with E-state index in [2.05, 4.69) is 10.1 Å². The standard InChI is InChI=1S/C24H27N3O6S/c1-16-17(2)25-33-24(16)19-5-7-21(30-3)23(13-19)34(28,29)27-10-8-26(9-11-27)14-18-4-6-20-22(12-18)32-15-31-20/h4-7,12-13H,8-11,14-15H2,1-3H3. The average molecular weight is 486 g/mol. The largest absolute Gasteiger partial charge is 0.495 e. The molecule has 2 aliphatic rings. The molecular formula is C24H27N3O6S. The third kappa shape index (κ3) is 4.13. The Labute approximate surface area is 198 Å². The Bertz CT molecular complexity index is 1310. The molecule has 1 aromatic heterocycles. The lowest BCUT2D eigenvalue weighted by Gasteiger charge is -2.34. The predicted molar refractivity (Wildman–Crippen MR) is 125 cm³/mol. The maximum atomic E-state index is 13.6. The minimum absolute atomic E-state index is 0.130. The highest BCUT2D eigenvalue weighted by atomic mass is 32.2. The Hall–Kier alpha value is -3.08. The van der Waals surface area contributed by atoms with Crippen LogP contribution in [-0.2, 0) is 16.6 Å². The highest BCUT2D eigenvalue weighted by molar-refractivity contribution is 7.89. The summed E-state index contributed by atoms with van der Waals surface area (Å²) in [5, 5.41) is 3.99. The molecule has 9 nitrogen and oxygen atoms in total. The van der Waals surface area contributed by atoms with Crippen LogP contribution in [0.3, 0.4) is 0 Å². The lowest BCUT2D eigenvalue weighted by molar-refractivity contribution is 0.173. The maximum Gasteiger partial charge on any atom is 0.246 e. The number of piperazine rings is 1. The van der Waals surface area contributed by atoms with E-state index in [0.717, 1.165) is 28.3 Å². The summed E-state index contributed by atoms with van der Waals surface area (Å²) in [5.74, 6) is 2.37. The lowest BCUT2D eigenvalue weighted by atomic mass is 10.1. The van der Waals surface area contributed by atoms with Crippen molar-refractivity contribution in [2.45, 2.75) is 25.3 Å². The molecule has 180 valence electrons. The molecule has 0 N–H and O–H groups in total. The van der Waals surface area contributed by atoms with E-state index >= 15 is 0 Å². The normalized spacial score (nSPS) is 16.7. The third-order valence-corrected chi connectivity index (χ3v) is 8.30. The predicted octanol–water partition coefficient (Wildman–Crippen LogP) is 3.20. The topological polar surface area (TPSA) is 94.3 Å². The van der Waals surface area contributed by atoms with Crippen LogP contribution in [0.4, 0.5) is 0 Å². The molecule has 1 fully saturated rings. The summed E-state index contributed by atoms with van der Waals surface area (Å²) in [5.41, 5.74) is 3.41. The van der Waals surface area contributed by atoms with E-state index in [1.165, 1.54) is 11.4 Å². The smallest absolute Gasteiger partial charge is 0.246 e. The zero-order chi connectivity index (χ0) is 23.9. The second-order valence-corrected chi connectivity index (χ2v) is 10.4. The van der Waals surface area contributed by atoms with Crippen LogP contribution in [-0.4, -0.2) is 62.9 Å². The van der Waals surface area contributed by atoms with Crippen LogP contribution in [0, 0.1) is 13.8 Å². The molecule has 3 heterocycles. The molecule has 0 spiro atoms. The number of sulfonamides is 1. The van der Waals surface area contributed by atoms with Crippen molar-refractivity contribution in [1.82, 2.24) is 14.4 Å². The summed E-state index contributed by atoms with van der Waals surface area (Å²) in [7, 11) is -2.29. The highest BCUT2D eigenvalue weighted by Crippen LogP contribution is 2.35. The molecule has 0 amide bonds. The molecule has 3 aromatic rings. The summed E-state index contributed by atoms with van der Waals surface area (Å²) in [4.78, 5) is 2.36. The molecule has 2 aliphatic heterocycles. The van der Waals surface area contributed by atoms with Gasteiger partial charge >= 0.3 is 0 Å². The van der Waals surface area contributed by atoms with Crippen molar-refractivity contribution in [3.8, 4) is 28.6 Å². The van der Waals surface area contributed by atoms with Gasteiger partial charge in [0.15, 0.2) is 17.3 Å². The number of benzene rings is 2. The molecule has 0 atom stereocenters. The zero-order valence-corrected chi connectivity index (χ0v) is 20.2. The molecule has 34 heavy (non-hydrogen) atoms. The van der Waals surface area contributed by atoms with E-state index < -0.39 is 10.0 Å². The van der Waals surface area contributed by atoms with Crippen molar-refractivity contribution < 1.29 is 27.2 Å². The monoisotopic (exact) mass is 485 g/mol. The number of hydrogen-bond acceptors (Lipinski definition) is 8. The maximum absolute atomic E-state index is 13.6. The van der Waals surface area contributed by atoms with Crippen molar-refractivity contribution >= 4 is 10.0 Å². The van der Waals surface area contributed by atoms with Gasteiger partial charge in [0.2, 0.25) is 16.8 Å². The van der Waals surface area contributed by atoms with Crippen LogP contribution >= 0.6 is 0 Å². The zero-order valence-electron chi connectivity index (χ0n) is 19.4. The Balaban J connectivity index is 1.32. The summed E-state index contributed by atoms with van der Waals surface area (Å²) in [6.45, 7) is 6.74. The van der Waals surface area contributed by atoms with Crippen molar-refractivity contribution in [3.63, 3.8) is 0 Å². The van der Waals surface area contributed by atoms with Gasteiger partial charge in [0.1, 0.15) is 10.6 Å². The van der Waals surface area contributed by atoms with E-state index in [1.807, 2.05) is 32.0 Å². The number of aromatic nitrogens is 1. The first-order valence-electron chi connectivity index (χ1n) is 11.1. The van der Waals surface area contributed by atoms with E-state index in [0.29, 0.717) is 49.8 Å². The van der Waals surface area contributed by atoms with E-state index in [1.54, 1.807) is 18.2 Å². The number of rotatable bonds is 6. The molecule has 1 saturated heterocycles. The Morgan fingerprint density at radius 3 is 2.47 bits per heavy atom. The number of fused-ring (bicyclic) bond motifs is 1. The molecule has 0 bridgehead atoms. The van der Waals surface area contributed by atoms with Gasteiger partial charge in [0.05, 0.1) is 12.8 Å². The van der Waals surface area contributed by atoms with Gasteiger partial charge < -0.3 is 18.7 Å². The minimum Gasteiger partial charge on any atom is -0.495 e. The SMILES string of the molecule is COc1ccc(-c2onc(C)c2C)cc1S(=O)(=O)N1CCN(Cc2ccc3c(c2)OCO3)CC1. The Morgan fingerprint density at radius 2 is 1.76 bits per heavy atom. The molecular weight excluding hydrogens is 458 g/mol. The van der Waals surface area contributed by atoms with Crippen molar-refractivity contribution in [3.05, 3.63) is 53.2 Å². The molecule has 0 saturated carbocycles. The van der Waals surface area contributed by atoms with Crippen molar-refractivity contribution in [1.29, 1.82) is 0 Å². The fourth-order valence-electron chi connectivity index (χ4n) is 4.27. The average Bonchev–Trinajstić information content (AvgIpc) is 3.45. The summed E-state index contributed by atoms with van der Waals surface area (Å²) >= 11 is 0. The number of aryl methyl sites for hydroxylation is 1. The second-order valence-electron chi connectivity index (χ2n) is 8.46. The molecule has 2 aromatic carbocycles.